The third-order valence-electron chi connectivity index (χ3n) is 3.13. The van der Waals surface area contributed by atoms with Gasteiger partial charge < -0.3 is 9.80 Å². The molecule has 70 valence electrons. The first-order valence-corrected chi connectivity index (χ1v) is 5.40. The number of hydrogen-bond donors (Lipinski definition) is 0. The fraction of sp³-hybridized carbons (Fsp3) is 1.00. The van der Waals surface area contributed by atoms with Crippen LogP contribution in [-0.2, 0) is 0 Å². The second-order valence-electron chi connectivity index (χ2n) is 4.10. The molecule has 0 saturated carbocycles. The van der Waals surface area contributed by atoms with Crippen molar-refractivity contribution >= 4 is 0 Å². The summed E-state index contributed by atoms with van der Waals surface area (Å²) in [5, 5.41) is 0. The van der Waals surface area contributed by atoms with Gasteiger partial charge in [0.15, 0.2) is 0 Å². The zero-order valence-electron chi connectivity index (χ0n) is 7.97. The summed E-state index contributed by atoms with van der Waals surface area (Å²) >= 11 is 0. The Kier molecular flexibility index (Phi) is 3.01. The van der Waals surface area contributed by atoms with Crippen LogP contribution in [0.2, 0.25) is 0 Å². The van der Waals surface area contributed by atoms with Gasteiger partial charge >= 0.3 is 0 Å². The molecule has 0 aliphatic carbocycles. The third kappa shape index (κ3) is 2.20. The van der Waals surface area contributed by atoms with Crippen LogP contribution in [0.3, 0.4) is 0 Å². The van der Waals surface area contributed by atoms with Crippen molar-refractivity contribution in [2.45, 2.75) is 25.7 Å². The van der Waals surface area contributed by atoms with E-state index in [4.69, 9.17) is 0 Å². The van der Waals surface area contributed by atoms with Gasteiger partial charge in [0.2, 0.25) is 0 Å². The van der Waals surface area contributed by atoms with Gasteiger partial charge in [0.1, 0.15) is 0 Å². The minimum atomic E-state index is 1.32. The first-order chi connectivity index (χ1) is 5.95. The first-order valence-electron chi connectivity index (χ1n) is 5.40. The maximum Gasteiger partial charge on any atom is 0.0109 e. The third-order valence-corrected chi connectivity index (χ3v) is 3.13. The van der Waals surface area contributed by atoms with Gasteiger partial charge in [-0.25, -0.2) is 0 Å². The molecule has 0 aromatic heterocycles. The van der Waals surface area contributed by atoms with Crippen molar-refractivity contribution in [3.05, 3.63) is 0 Å². The lowest BCUT2D eigenvalue weighted by atomic mass is 10.4. The van der Waals surface area contributed by atoms with Gasteiger partial charge in [-0.2, -0.15) is 0 Å². The zero-order chi connectivity index (χ0) is 8.23. The molecule has 2 aliphatic rings. The van der Waals surface area contributed by atoms with E-state index in [-0.39, 0.29) is 0 Å². The second kappa shape index (κ2) is 4.24. The molecule has 0 bridgehead atoms. The molecule has 2 heteroatoms. The van der Waals surface area contributed by atoms with Crippen molar-refractivity contribution in [3.63, 3.8) is 0 Å². The van der Waals surface area contributed by atoms with E-state index in [1.165, 1.54) is 65.0 Å². The molecule has 0 spiro atoms. The molecule has 2 aliphatic heterocycles. The molecule has 0 radical (unpaired) electrons. The first kappa shape index (κ1) is 8.52. The van der Waals surface area contributed by atoms with E-state index in [0.717, 1.165) is 0 Å². The minimum Gasteiger partial charge on any atom is -0.302 e. The molecule has 0 aromatic rings. The van der Waals surface area contributed by atoms with E-state index < -0.39 is 0 Å². The normalized spacial score (nSPS) is 27.0. The fourth-order valence-electron chi connectivity index (χ4n) is 2.30. The van der Waals surface area contributed by atoms with Crippen LogP contribution in [0.25, 0.3) is 0 Å². The predicted molar refractivity (Wildman–Crippen MR) is 51.3 cm³/mol. The highest BCUT2D eigenvalue weighted by Crippen LogP contribution is 2.09. The van der Waals surface area contributed by atoms with Crippen LogP contribution in [-0.4, -0.2) is 49.1 Å². The second-order valence-corrected chi connectivity index (χ2v) is 4.10. The van der Waals surface area contributed by atoms with Crippen molar-refractivity contribution in [2.75, 3.05) is 39.3 Å². The summed E-state index contributed by atoms with van der Waals surface area (Å²) in [4.78, 5) is 5.22. The Morgan fingerprint density at radius 3 is 1.25 bits per heavy atom. The summed E-state index contributed by atoms with van der Waals surface area (Å²) < 4.78 is 0. The number of rotatable bonds is 3. The quantitative estimate of drug-likeness (QED) is 0.624. The zero-order valence-corrected chi connectivity index (χ0v) is 7.97. The maximum atomic E-state index is 2.61. The lowest BCUT2D eigenvalue weighted by Gasteiger charge is -2.19. The molecule has 0 aromatic carbocycles. The topological polar surface area (TPSA) is 6.48 Å². The Bertz CT molecular complexity index is 108. The number of likely N-dealkylation sites (tertiary alicyclic amines) is 2. The van der Waals surface area contributed by atoms with E-state index in [1.54, 1.807) is 0 Å². The Balaban J connectivity index is 1.60. The van der Waals surface area contributed by atoms with Gasteiger partial charge in [0, 0.05) is 13.1 Å². The number of hydrogen-bond acceptors (Lipinski definition) is 2. The fourth-order valence-corrected chi connectivity index (χ4v) is 2.30. The van der Waals surface area contributed by atoms with Crippen LogP contribution in [0.15, 0.2) is 0 Å². The Morgan fingerprint density at radius 1 is 0.583 bits per heavy atom. The van der Waals surface area contributed by atoms with Crippen LogP contribution in [0.1, 0.15) is 25.7 Å². The van der Waals surface area contributed by atoms with E-state index in [2.05, 4.69) is 9.80 Å². The summed E-state index contributed by atoms with van der Waals surface area (Å²) in [6.45, 7) is 8.06. The highest BCUT2D eigenvalue weighted by atomic mass is 15.2. The molecule has 0 amide bonds. The molecule has 12 heavy (non-hydrogen) atoms. The molecule has 2 heterocycles. The van der Waals surface area contributed by atoms with Crippen LogP contribution in [0.4, 0.5) is 0 Å². The van der Waals surface area contributed by atoms with Crippen molar-refractivity contribution < 1.29 is 0 Å². The van der Waals surface area contributed by atoms with Crippen molar-refractivity contribution in [1.82, 2.24) is 9.80 Å². The van der Waals surface area contributed by atoms with Gasteiger partial charge in [-0.05, 0) is 51.9 Å². The molecule has 0 unspecified atom stereocenters. The van der Waals surface area contributed by atoms with Crippen LogP contribution in [0.5, 0.6) is 0 Å². The Labute approximate surface area is 75.5 Å². The maximum absolute atomic E-state index is 2.61. The smallest absolute Gasteiger partial charge is 0.0109 e. The molecule has 2 fully saturated rings. The van der Waals surface area contributed by atoms with E-state index in [1.807, 2.05) is 0 Å². The molecule has 0 N–H and O–H groups in total. The van der Waals surface area contributed by atoms with Crippen molar-refractivity contribution in [3.8, 4) is 0 Å². The van der Waals surface area contributed by atoms with Crippen LogP contribution < -0.4 is 0 Å². The Morgan fingerprint density at radius 2 is 0.917 bits per heavy atom. The van der Waals surface area contributed by atoms with Crippen LogP contribution in [0, 0.1) is 0 Å². The lowest BCUT2D eigenvalue weighted by Crippen LogP contribution is -2.31. The summed E-state index contributed by atoms with van der Waals surface area (Å²) in [7, 11) is 0. The summed E-state index contributed by atoms with van der Waals surface area (Å²) in [6.07, 6.45) is 5.72. The van der Waals surface area contributed by atoms with Gasteiger partial charge in [-0.3, -0.25) is 0 Å². The monoisotopic (exact) mass is 168 g/mol. The summed E-state index contributed by atoms with van der Waals surface area (Å²) in [5.41, 5.74) is 0. The van der Waals surface area contributed by atoms with E-state index in [9.17, 15) is 0 Å². The van der Waals surface area contributed by atoms with Crippen molar-refractivity contribution in [2.24, 2.45) is 0 Å². The average Bonchev–Trinajstić information content (AvgIpc) is 2.74. The van der Waals surface area contributed by atoms with Gasteiger partial charge in [0.05, 0.1) is 0 Å². The molecule has 2 nitrogen and oxygen atoms in total. The molecule has 2 saturated heterocycles. The highest BCUT2D eigenvalue weighted by molar-refractivity contribution is 4.71. The van der Waals surface area contributed by atoms with Crippen LogP contribution >= 0.6 is 0 Å². The van der Waals surface area contributed by atoms with E-state index in [0.29, 0.717) is 0 Å². The average molecular weight is 168 g/mol. The van der Waals surface area contributed by atoms with Gasteiger partial charge in [-0.1, -0.05) is 0 Å². The SMILES string of the molecule is C1CCN(CCN2CCCC2)C1. The standard InChI is InChI=1S/C10H20N2/c1-2-6-11(5-1)9-10-12-7-3-4-8-12/h1-10H2. The molecule has 0 atom stereocenters. The lowest BCUT2D eigenvalue weighted by molar-refractivity contribution is 0.258. The van der Waals surface area contributed by atoms with E-state index >= 15 is 0 Å². The largest absolute Gasteiger partial charge is 0.302 e. The highest BCUT2D eigenvalue weighted by Gasteiger charge is 2.15. The Hall–Kier alpha value is -0.0800. The van der Waals surface area contributed by atoms with Gasteiger partial charge in [-0.15, -0.1) is 0 Å². The molecule has 2 rings (SSSR count). The molecular formula is C10H20N2. The minimum absolute atomic E-state index is 1.32. The predicted octanol–water partition coefficient (Wildman–Crippen LogP) is 1.18. The number of nitrogens with zero attached hydrogens (tertiary/aromatic N) is 2. The summed E-state index contributed by atoms with van der Waals surface area (Å²) in [6, 6.07) is 0. The summed E-state index contributed by atoms with van der Waals surface area (Å²) in [5.74, 6) is 0. The molecular weight excluding hydrogens is 148 g/mol. The van der Waals surface area contributed by atoms with Crippen molar-refractivity contribution in [1.29, 1.82) is 0 Å². The van der Waals surface area contributed by atoms with Gasteiger partial charge in [0.25, 0.3) is 0 Å².